The summed E-state index contributed by atoms with van der Waals surface area (Å²) in [6.07, 6.45) is 0. The monoisotopic (exact) mass is 256 g/mol. The number of rotatable bonds is 3. The van der Waals surface area contributed by atoms with Crippen molar-refractivity contribution in [2.75, 3.05) is 26.3 Å². The van der Waals surface area contributed by atoms with E-state index < -0.39 is 11.6 Å². The third kappa shape index (κ3) is 2.85. The van der Waals surface area contributed by atoms with Gasteiger partial charge in [-0.2, -0.15) is 0 Å². The highest BCUT2D eigenvalue weighted by atomic mass is 19.1. The Labute approximate surface area is 106 Å². The number of benzene rings is 1. The van der Waals surface area contributed by atoms with Crippen LogP contribution in [0, 0.1) is 11.6 Å². The SMILES string of the molecule is CC1COCCN1C(CN)c1cc(F)cc(F)c1. The third-order valence-corrected chi connectivity index (χ3v) is 3.31. The zero-order valence-corrected chi connectivity index (χ0v) is 10.4. The molecule has 2 rings (SSSR count). The third-order valence-electron chi connectivity index (χ3n) is 3.31. The lowest BCUT2D eigenvalue weighted by atomic mass is 10.0. The average Bonchev–Trinajstić information content (AvgIpc) is 2.31. The lowest BCUT2D eigenvalue weighted by molar-refractivity contribution is -0.0210. The molecule has 1 saturated heterocycles. The van der Waals surface area contributed by atoms with Crippen LogP contribution in [0.3, 0.4) is 0 Å². The van der Waals surface area contributed by atoms with Crippen molar-refractivity contribution in [1.82, 2.24) is 4.90 Å². The highest BCUT2D eigenvalue weighted by Gasteiger charge is 2.27. The van der Waals surface area contributed by atoms with Crippen molar-refractivity contribution in [3.8, 4) is 0 Å². The topological polar surface area (TPSA) is 38.5 Å². The molecule has 3 nitrogen and oxygen atoms in total. The van der Waals surface area contributed by atoms with E-state index in [1.165, 1.54) is 12.1 Å². The molecule has 1 fully saturated rings. The van der Waals surface area contributed by atoms with Gasteiger partial charge in [-0.25, -0.2) is 8.78 Å². The van der Waals surface area contributed by atoms with Crippen LogP contribution in [0.1, 0.15) is 18.5 Å². The van der Waals surface area contributed by atoms with E-state index in [-0.39, 0.29) is 12.1 Å². The lowest BCUT2D eigenvalue weighted by Crippen LogP contribution is -2.47. The van der Waals surface area contributed by atoms with E-state index in [4.69, 9.17) is 10.5 Å². The van der Waals surface area contributed by atoms with Crippen molar-refractivity contribution in [3.63, 3.8) is 0 Å². The number of nitrogens with two attached hydrogens (primary N) is 1. The summed E-state index contributed by atoms with van der Waals surface area (Å²) in [5.41, 5.74) is 6.36. The van der Waals surface area contributed by atoms with Gasteiger partial charge in [-0.3, -0.25) is 4.90 Å². The van der Waals surface area contributed by atoms with Crippen molar-refractivity contribution < 1.29 is 13.5 Å². The fourth-order valence-electron chi connectivity index (χ4n) is 2.43. The molecule has 1 aromatic rings. The van der Waals surface area contributed by atoms with Crippen molar-refractivity contribution in [2.45, 2.75) is 19.0 Å². The molecule has 5 heteroatoms. The van der Waals surface area contributed by atoms with E-state index in [1.54, 1.807) is 0 Å². The molecule has 2 atom stereocenters. The Morgan fingerprint density at radius 1 is 1.39 bits per heavy atom. The van der Waals surface area contributed by atoms with Crippen LogP contribution in [0.4, 0.5) is 8.78 Å². The molecule has 0 amide bonds. The summed E-state index contributed by atoms with van der Waals surface area (Å²) in [6, 6.07) is 3.60. The van der Waals surface area contributed by atoms with Crippen LogP contribution in [-0.2, 0) is 4.74 Å². The second-order valence-electron chi connectivity index (χ2n) is 4.62. The molecule has 0 aliphatic carbocycles. The molecule has 1 aromatic carbocycles. The number of hydrogen-bond donors (Lipinski definition) is 1. The Morgan fingerprint density at radius 3 is 2.61 bits per heavy atom. The number of morpholine rings is 1. The summed E-state index contributed by atoms with van der Waals surface area (Å²) in [5, 5.41) is 0. The standard InChI is InChI=1S/C13H18F2N2O/c1-9-8-18-3-2-17(9)13(7-16)10-4-11(14)6-12(15)5-10/h4-6,9,13H,2-3,7-8,16H2,1H3. The van der Waals surface area contributed by atoms with Gasteiger partial charge in [-0.15, -0.1) is 0 Å². The maximum atomic E-state index is 13.3. The van der Waals surface area contributed by atoms with Gasteiger partial charge in [0.15, 0.2) is 0 Å². The van der Waals surface area contributed by atoms with Crippen LogP contribution in [0.5, 0.6) is 0 Å². The van der Waals surface area contributed by atoms with Gasteiger partial charge in [0, 0.05) is 31.2 Å². The zero-order chi connectivity index (χ0) is 13.1. The molecular formula is C13H18F2N2O. The minimum absolute atomic E-state index is 0.172. The Hall–Kier alpha value is -1.04. The van der Waals surface area contributed by atoms with Crippen molar-refractivity contribution >= 4 is 0 Å². The van der Waals surface area contributed by atoms with Crippen LogP contribution < -0.4 is 5.73 Å². The molecule has 1 aliphatic rings. The maximum Gasteiger partial charge on any atom is 0.126 e. The highest BCUT2D eigenvalue weighted by molar-refractivity contribution is 5.22. The van der Waals surface area contributed by atoms with E-state index in [9.17, 15) is 8.78 Å². The zero-order valence-electron chi connectivity index (χ0n) is 10.4. The molecule has 0 saturated carbocycles. The molecule has 1 heterocycles. The Kier molecular flexibility index (Phi) is 4.27. The fourth-order valence-corrected chi connectivity index (χ4v) is 2.43. The minimum atomic E-state index is -0.565. The molecule has 1 aliphatic heterocycles. The fraction of sp³-hybridized carbons (Fsp3) is 0.538. The van der Waals surface area contributed by atoms with E-state index in [2.05, 4.69) is 4.90 Å². The van der Waals surface area contributed by atoms with Gasteiger partial charge in [-0.05, 0) is 24.6 Å². The molecule has 2 N–H and O–H groups in total. The van der Waals surface area contributed by atoms with E-state index in [0.29, 0.717) is 25.3 Å². The summed E-state index contributed by atoms with van der Waals surface area (Å²) < 4.78 is 31.9. The molecule has 0 spiro atoms. The smallest absolute Gasteiger partial charge is 0.126 e. The van der Waals surface area contributed by atoms with E-state index in [1.807, 2.05) is 6.92 Å². The second-order valence-corrected chi connectivity index (χ2v) is 4.62. The minimum Gasteiger partial charge on any atom is -0.379 e. The molecule has 100 valence electrons. The predicted molar refractivity (Wildman–Crippen MR) is 65.1 cm³/mol. The van der Waals surface area contributed by atoms with Gasteiger partial charge in [0.25, 0.3) is 0 Å². The first kappa shape index (κ1) is 13.4. The quantitative estimate of drug-likeness (QED) is 0.894. The van der Waals surface area contributed by atoms with Gasteiger partial charge >= 0.3 is 0 Å². The summed E-state index contributed by atoms with van der Waals surface area (Å²) in [6.45, 7) is 4.32. The van der Waals surface area contributed by atoms with Gasteiger partial charge in [0.2, 0.25) is 0 Å². The van der Waals surface area contributed by atoms with Crippen molar-refractivity contribution in [3.05, 3.63) is 35.4 Å². The first-order valence-electron chi connectivity index (χ1n) is 6.11. The molecule has 2 unspecified atom stereocenters. The molecule has 0 radical (unpaired) electrons. The number of nitrogens with zero attached hydrogens (tertiary/aromatic N) is 1. The number of halogens is 2. The largest absolute Gasteiger partial charge is 0.379 e. The Bertz CT molecular complexity index is 394. The summed E-state index contributed by atoms with van der Waals surface area (Å²) in [5.74, 6) is -1.13. The Balaban J connectivity index is 2.26. The number of ether oxygens (including phenoxy) is 1. The van der Waals surface area contributed by atoms with Crippen LogP contribution in [0.15, 0.2) is 18.2 Å². The summed E-state index contributed by atoms with van der Waals surface area (Å²) in [4.78, 5) is 2.14. The maximum absolute atomic E-state index is 13.3. The van der Waals surface area contributed by atoms with Gasteiger partial charge in [-0.1, -0.05) is 0 Å². The second kappa shape index (κ2) is 5.73. The first-order chi connectivity index (χ1) is 8.61. The van der Waals surface area contributed by atoms with Gasteiger partial charge < -0.3 is 10.5 Å². The van der Waals surface area contributed by atoms with E-state index in [0.717, 1.165) is 12.6 Å². The average molecular weight is 256 g/mol. The molecular weight excluding hydrogens is 238 g/mol. The Morgan fingerprint density at radius 2 is 2.06 bits per heavy atom. The van der Waals surface area contributed by atoms with Crippen LogP contribution >= 0.6 is 0 Å². The molecule has 18 heavy (non-hydrogen) atoms. The summed E-state index contributed by atoms with van der Waals surface area (Å²) in [7, 11) is 0. The first-order valence-corrected chi connectivity index (χ1v) is 6.11. The van der Waals surface area contributed by atoms with Crippen LogP contribution in [0.25, 0.3) is 0 Å². The van der Waals surface area contributed by atoms with Crippen molar-refractivity contribution in [2.24, 2.45) is 5.73 Å². The predicted octanol–water partition coefficient (Wildman–Crippen LogP) is 1.69. The summed E-state index contributed by atoms with van der Waals surface area (Å²) >= 11 is 0. The van der Waals surface area contributed by atoms with Crippen LogP contribution in [-0.4, -0.2) is 37.2 Å². The van der Waals surface area contributed by atoms with E-state index >= 15 is 0 Å². The lowest BCUT2D eigenvalue weighted by Gasteiger charge is -2.39. The van der Waals surface area contributed by atoms with Crippen LogP contribution in [0.2, 0.25) is 0 Å². The van der Waals surface area contributed by atoms with Gasteiger partial charge in [0.05, 0.1) is 13.2 Å². The molecule has 0 aromatic heterocycles. The number of hydrogen-bond acceptors (Lipinski definition) is 3. The molecule has 0 bridgehead atoms. The van der Waals surface area contributed by atoms with Gasteiger partial charge in [0.1, 0.15) is 11.6 Å². The highest BCUT2D eigenvalue weighted by Crippen LogP contribution is 2.25. The normalized spacial score (nSPS) is 23.0. The van der Waals surface area contributed by atoms with Crippen molar-refractivity contribution in [1.29, 1.82) is 0 Å².